The van der Waals surface area contributed by atoms with Crippen molar-refractivity contribution in [3.63, 3.8) is 0 Å². The Balaban J connectivity index is 1.58. The lowest BCUT2D eigenvalue weighted by Crippen LogP contribution is -2.21. The zero-order valence-corrected chi connectivity index (χ0v) is 18.6. The number of nitrogens with one attached hydrogen (secondary N) is 1. The van der Waals surface area contributed by atoms with Crippen molar-refractivity contribution in [2.45, 2.75) is 18.5 Å². The van der Waals surface area contributed by atoms with Crippen LogP contribution in [0, 0.1) is 6.92 Å². The van der Waals surface area contributed by atoms with E-state index in [2.05, 4.69) is 20.5 Å². The molecule has 29 heavy (non-hydrogen) atoms. The van der Waals surface area contributed by atoms with Crippen molar-refractivity contribution in [3.8, 4) is 0 Å². The molecule has 154 valence electrons. The summed E-state index contributed by atoms with van der Waals surface area (Å²) >= 11 is 2.48. The zero-order valence-electron chi connectivity index (χ0n) is 17.0. The van der Waals surface area contributed by atoms with Crippen LogP contribution in [0.3, 0.4) is 0 Å². The molecule has 0 aliphatic heterocycles. The molecule has 3 heterocycles. The lowest BCUT2D eigenvalue weighted by atomic mass is 10.3. The fourth-order valence-electron chi connectivity index (χ4n) is 2.60. The van der Waals surface area contributed by atoms with Gasteiger partial charge in [0.15, 0.2) is 10.3 Å². The van der Waals surface area contributed by atoms with E-state index in [-0.39, 0.29) is 17.6 Å². The second kappa shape index (κ2) is 8.78. The molecule has 0 aliphatic rings. The summed E-state index contributed by atoms with van der Waals surface area (Å²) in [6.45, 7) is 1.76. The topological polar surface area (TPSA) is 97.9 Å². The molecule has 3 aromatic rings. The maximum Gasteiger partial charge on any atom is 0.265 e. The van der Waals surface area contributed by atoms with E-state index in [9.17, 15) is 9.59 Å². The monoisotopic (exact) mass is 433 g/mol. The second-order valence-electron chi connectivity index (χ2n) is 6.72. The van der Waals surface area contributed by atoms with Crippen LogP contribution in [0.2, 0.25) is 0 Å². The van der Waals surface area contributed by atoms with Crippen LogP contribution in [0.5, 0.6) is 0 Å². The van der Waals surface area contributed by atoms with Gasteiger partial charge in [-0.3, -0.25) is 9.59 Å². The molecular weight excluding hydrogens is 410 g/mol. The molecule has 0 unspecified atom stereocenters. The number of carbonyl (C=O) groups is 2. The van der Waals surface area contributed by atoms with Crippen molar-refractivity contribution in [1.82, 2.24) is 29.2 Å². The summed E-state index contributed by atoms with van der Waals surface area (Å²) in [5.74, 6) is 0.669. The summed E-state index contributed by atoms with van der Waals surface area (Å²) in [6, 6.07) is 4.03. The van der Waals surface area contributed by atoms with Crippen LogP contribution >= 0.6 is 23.1 Å². The van der Waals surface area contributed by atoms with E-state index in [4.69, 9.17) is 0 Å². The van der Waals surface area contributed by atoms with Crippen molar-refractivity contribution in [2.24, 2.45) is 14.1 Å². The van der Waals surface area contributed by atoms with Crippen molar-refractivity contribution >= 4 is 40.0 Å². The van der Waals surface area contributed by atoms with Gasteiger partial charge < -0.3 is 19.4 Å². The Kier molecular flexibility index (Phi) is 6.38. The Bertz CT molecular complexity index is 1040. The predicted octanol–water partition coefficient (Wildman–Crippen LogP) is 1.94. The van der Waals surface area contributed by atoms with Crippen LogP contribution in [0.15, 0.2) is 23.5 Å². The maximum atomic E-state index is 12.3. The molecule has 11 heteroatoms. The molecule has 0 aliphatic carbocycles. The molecular formula is C18H23N7O2S2. The number of hydrogen-bond donors (Lipinski definition) is 1. The summed E-state index contributed by atoms with van der Waals surface area (Å²) in [4.78, 5) is 30.7. The maximum absolute atomic E-state index is 12.3. The van der Waals surface area contributed by atoms with Gasteiger partial charge in [0, 0.05) is 46.5 Å². The number of aromatic nitrogens is 5. The van der Waals surface area contributed by atoms with Crippen LogP contribution in [-0.4, -0.2) is 60.9 Å². The Hall–Kier alpha value is -2.66. The number of thioether (sulfide) groups is 1. The highest BCUT2D eigenvalue weighted by Gasteiger charge is 2.18. The summed E-state index contributed by atoms with van der Waals surface area (Å²) in [5, 5.41) is 12.3. The van der Waals surface area contributed by atoms with E-state index >= 15 is 0 Å². The minimum atomic E-state index is -0.209. The normalized spacial score (nSPS) is 10.9. The van der Waals surface area contributed by atoms with Gasteiger partial charge in [-0.15, -0.1) is 10.2 Å². The van der Waals surface area contributed by atoms with Gasteiger partial charge in [0.1, 0.15) is 10.7 Å². The molecule has 3 aromatic heterocycles. The Morgan fingerprint density at radius 3 is 2.69 bits per heavy atom. The average Bonchev–Trinajstić information content (AvgIpc) is 3.34. The lowest BCUT2D eigenvalue weighted by Gasteiger charge is -2.07. The number of rotatable bonds is 7. The minimum Gasteiger partial charge on any atom is -0.354 e. The van der Waals surface area contributed by atoms with Crippen LogP contribution < -0.4 is 5.32 Å². The average molecular weight is 434 g/mol. The molecule has 1 N–H and O–H groups in total. The third-order valence-corrected chi connectivity index (χ3v) is 6.37. The van der Waals surface area contributed by atoms with Crippen molar-refractivity contribution in [2.75, 3.05) is 25.2 Å². The lowest BCUT2D eigenvalue weighted by molar-refractivity contribution is -0.113. The number of anilines is 1. The molecule has 2 amide bonds. The molecule has 3 rings (SSSR count). The third kappa shape index (κ3) is 4.85. The number of aryl methyl sites for hydroxylation is 2. The fraction of sp³-hybridized carbons (Fsp3) is 0.389. The molecule has 0 spiro atoms. The Morgan fingerprint density at radius 2 is 2.03 bits per heavy atom. The van der Waals surface area contributed by atoms with Crippen molar-refractivity contribution < 1.29 is 9.59 Å². The van der Waals surface area contributed by atoms with Gasteiger partial charge in [0.05, 0.1) is 11.4 Å². The highest BCUT2D eigenvalue weighted by atomic mass is 32.2. The van der Waals surface area contributed by atoms with Gasteiger partial charge in [-0.25, -0.2) is 4.98 Å². The molecule has 0 atom stereocenters. The molecule has 0 aromatic carbocycles. The second-order valence-corrected chi connectivity index (χ2v) is 8.66. The van der Waals surface area contributed by atoms with Gasteiger partial charge in [-0.05, 0) is 19.1 Å². The van der Waals surface area contributed by atoms with Gasteiger partial charge >= 0.3 is 0 Å². The first-order valence-electron chi connectivity index (χ1n) is 8.86. The standard InChI is InChI=1S/C18H23N7O2S2/c1-11-15(16(27)23(2)3)29-17(19-11)20-14(26)10-28-18-22-21-13(25(18)5)9-12-7-6-8-24(12)4/h6-8H,9-10H2,1-5H3,(H,19,20,26). The van der Waals surface area contributed by atoms with E-state index < -0.39 is 0 Å². The first-order chi connectivity index (χ1) is 13.8. The highest BCUT2D eigenvalue weighted by molar-refractivity contribution is 7.99. The molecule has 0 fully saturated rings. The van der Waals surface area contributed by atoms with Crippen LogP contribution in [0.4, 0.5) is 5.13 Å². The third-order valence-electron chi connectivity index (χ3n) is 4.29. The summed E-state index contributed by atoms with van der Waals surface area (Å²) in [7, 11) is 7.25. The van der Waals surface area contributed by atoms with Gasteiger partial charge in [0.25, 0.3) is 5.91 Å². The molecule has 0 radical (unpaired) electrons. The SMILES string of the molecule is Cc1nc(NC(=O)CSc2nnc(Cc3cccn3C)n2C)sc1C(=O)N(C)C. The Morgan fingerprint density at radius 1 is 1.28 bits per heavy atom. The van der Waals surface area contributed by atoms with Crippen molar-refractivity contribution in [3.05, 3.63) is 40.4 Å². The van der Waals surface area contributed by atoms with E-state index in [1.54, 1.807) is 21.0 Å². The first-order valence-corrected chi connectivity index (χ1v) is 10.7. The quantitative estimate of drug-likeness (QED) is 0.572. The molecule has 9 nitrogen and oxygen atoms in total. The van der Waals surface area contributed by atoms with E-state index in [0.29, 0.717) is 27.3 Å². The van der Waals surface area contributed by atoms with E-state index in [0.717, 1.165) is 11.5 Å². The van der Waals surface area contributed by atoms with Crippen LogP contribution in [0.1, 0.15) is 26.9 Å². The molecule has 0 saturated carbocycles. The number of amides is 2. The van der Waals surface area contributed by atoms with Gasteiger partial charge in [-0.1, -0.05) is 23.1 Å². The predicted molar refractivity (Wildman–Crippen MR) is 113 cm³/mol. The summed E-state index contributed by atoms with van der Waals surface area (Å²) in [5.41, 5.74) is 1.74. The smallest absolute Gasteiger partial charge is 0.265 e. The largest absolute Gasteiger partial charge is 0.354 e. The van der Waals surface area contributed by atoms with Gasteiger partial charge in [-0.2, -0.15) is 0 Å². The fourth-order valence-corrected chi connectivity index (χ4v) is 4.34. The highest BCUT2D eigenvalue weighted by Crippen LogP contribution is 2.24. The van der Waals surface area contributed by atoms with Crippen molar-refractivity contribution in [1.29, 1.82) is 0 Å². The number of carbonyl (C=O) groups excluding carboxylic acids is 2. The van der Waals surface area contributed by atoms with Crippen LogP contribution in [-0.2, 0) is 25.3 Å². The molecule has 0 bridgehead atoms. The number of hydrogen-bond acceptors (Lipinski definition) is 7. The number of nitrogens with zero attached hydrogens (tertiary/aromatic N) is 6. The van der Waals surface area contributed by atoms with E-state index in [1.807, 2.05) is 41.6 Å². The van der Waals surface area contributed by atoms with Gasteiger partial charge in [0.2, 0.25) is 5.91 Å². The minimum absolute atomic E-state index is 0.125. The number of thiazole rings is 1. The molecule has 0 saturated heterocycles. The van der Waals surface area contributed by atoms with E-state index in [1.165, 1.54) is 28.0 Å². The zero-order chi connectivity index (χ0) is 21.1. The van der Waals surface area contributed by atoms with Crippen LogP contribution in [0.25, 0.3) is 0 Å². The summed E-state index contributed by atoms with van der Waals surface area (Å²) < 4.78 is 3.94. The Labute approximate surface area is 177 Å². The first kappa shape index (κ1) is 21.1. The summed E-state index contributed by atoms with van der Waals surface area (Å²) in [6.07, 6.45) is 2.66.